The number of nitrogens with zero attached hydrogens (tertiary/aromatic N) is 2. The van der Waals surface area contributed by atoms with Gasteiger partial charge in [-0.3, -0.25) is 14.3 Å². The van der Waals surface area contributed by atoms with Gasteiger partial charge < -0.3 is 43.4 Å². The summed E-state index contributed by atoms with van der Waals surface area (Å²) >= 11 is 0. The molecule has 0 unspecified atom stereocenters. The van der Waals surface area contributed by atoms with Crippen LogP contribution in [0.25, 0.3) is 0 Å². The number of aliphatic hydroxyl groups excluding tert-OH is 2. The maximum Gasteiger partial charge on any atom is 0.330 e. The van der Waals surface area contributed by atoms with E-state index in [0.717, 1.165) is 6.54 Å². The monoisotopic (exact) mass is 455 g/mol. The van der Waals surface area contributed by atoms with E-state index < -0.39 is 29.7 Å². The highest BCUT2D eigenvalue weighted by Gasteiger charge is 2.39. The fraction of sp³-hybridized carbons (Fsp3) is 0.733. The first-order chi connectivity index (χ1) is 10.7. The van der Waals surface area contributed by atoms with Crippen molar-refractivity contribution in [2.45, 2.75) is 38.2 Å². The molecule has 0 aliphatic carbocycles. The molecule has 3 N–H and O–H groups in total. The zero-order valence-corrected chi connectivity index (χ0v) is 16.4. The van der Waals surface area contributed by atoms with Gasteiger partial charge >= 0.3 is 5.69 Å². The topological polar surface area (TPSA) is 105 Å². The van der Waals surface area contributed by atoms with Gasteiger partial charge in [-0.25, -0.2) is 4.79 Å². The number of hydrogen-bond donors (Lipinski definition) is 3. The van der Waals surface area contributed by atoms with Crippen LogP contribution in [-0.2, 0) is 4.74 Å². The molecule has 0 radical (unpaired) electrons. The standard InChI is InChI=1S/C15H25N3O5.HI/c1-10-8-17(15(22)16-14(10)21)13-7-11(20)12(23-13)9-18(2,3)5-4-6-19;/h8,11-13,19-20H,4-7,9H2,1-3H3;1H/t11-,12+,13+;/m0./s1. The Kier molecular flexibility index (Phi) is 7.60. The average Bonchev–Trinajstić information content (AvgIpc) is 2.81. The molecule has 3 atom stereocenters. The van der Waals surface area contributed by atoms with E-state index in [0.29, 0.717) is 29.4 Å². The summed E-state index contributed by atoms with van der Waals surface area (Å²) in [4.78, 5) is 25.6. The number of likely N-dealkylation sites (N-methyl/N-ethyl adjacent to an activating group) is 1. The van der Waals surface area contributed by atoms with Gasteiger partial charge in [-0.2, -0.15) is 0 Å². The van der Waals surface area contributed by atoms with Gasteiger partial charge in [-0.05, 0) is 6.92 Å². The first-order valence-corrected chi connectivity index (χ1v) is 7.82. The minimum absolute atomic E-state index is 0. The summed E-state index contributed by atoms with van der Waals surface area (Å²) in [7, 11) is 4.02. The van der Waals surface area contributed by atoms with Gasteiger partial charge in [0.25, 0.3) is 5.56 Å². The van der Waals surface area contributed by atoms with Gasteiger partial charge in [-0.15, -0.1) is 0 Å². The molecule has 24 heavy (non-hydrogen) atoms. The Labute approximate surface area is 157 Å². The molecule has 0 bridgehead atoms. The minimum Gasteiger partial charge on any atom is -1.00 e. The predicted molar refractivity (Wildman–Crippen MR) is 84.1 cm³/mol. The maximum atomic E-state index is 11.9. The Balaban J connectivity index is 0.00000288. The van der Waals surface area contributed by atoms with Crippen LogP contribution in [0, 0.1) is 6.92 Å². The van der Waals surface area contributed by atoms with Crippen LogP contribution in [0.15, 0.2) is 15.8 Å². The van der Waals surface area contributed by atoms with Crippen LogP contribution in [0.3, 0.4) is 0 Å². The highest BCUT2D eigenvalue weighted by molar-refractivity contribution is 5.02. The van der Waals surface area contributed by atoms with E-state index in [1.165, 1.54) is 10.8 Å². The minimum atomic E-state index is -0.675. The summed E-state index contributed by atoms with van der Waals surface area (Å²) in [6, 6.07) is 0. The molecule has 0 aromatic carbocycles. The zero-order valence-electron chi connectivity index (χ0n) is 14.2. The highest BCUT2D eigenvalue weighted by Crippen LogP contribution is 2.28. The molecule has 1 aliphatic rings. The van der Waals surface area contributed by atoms with Crippen LogP contribution >= 0.6 is 0 Å². The molecule has 138 valence electrons. The second-order valence-electron chi connectivity index (χ2n) is 6.83. The molecule has 8 nitrogen and oxygen atoms in total. The van der Waals surface area contributed by atoms with Crippen LogP contribution in [0.2, 0.25) is 0 Å². The molecule has 9 heteroatoms. The Morgan fingerprint density at radius 3 is 2.71 bits per heavy atom. The molecular weight excluding hydrogens is 429 g/mol. The third-order valence-electron chi connectivity index (χ3n) is 4.26. The van der Waals surface area contributed by atoms with Crippen molar-refractivity contribution in [3.05, 3.63) is 32.6 Å². The van der Waals surface area contributed by atoms with Gasteiger partial charge in [0.15, 0.2) is 0 Å². The lowest BCUT2D eigenvalue weighted by Gasteiger charge is -2.32. The fourth-order valence-electron chi connectivity index (χ4n) is 2.93. The molecule has 1 aromatic rings. The summed E-state index contributed by atoms with van der Waals surface area (Å²) in [6.45, 7) is 3.09. The van der Waals surface area contributed by atoms with Crippen LogP contribution in [0.1, 0.15) is 24.6 Å². The van der Waals surface area contributed by atoms with Crippen molar-refractivity contribution in [1.82, 2.24) is 9.55 Å². The van der Waals surface area contributed by atoms with Gasteiger partial charge in [0.05, 0.1) is 26.7 Å². The van der Waals surface area contributed by atoms with Crippen molar-refractivity contribution in [3.63, 3.8) is 0 Å². The van der Waals surface area contributed by atoms with E-state index in [-0.39, 0.29) is 30.6 Å². The lowest BCUT2D eigenvalue weighted by molar-refractivity contribution is -0.894. The second-order valence-corrected chi connectivity index (χ2v) is 6.83. The molecule has 0 amide bonds. The van der Waals surface area contributed by atoms with Crippen LogP contribution in [0.5, 0.6) is 0 Å². The van der Waals surface area contributed by atoms with Crippen molar-refractivity contribution in [1.29, 1.82) is 0 Å². The third kappa shape index (κ3) is 5.12. The van der Waals surface area contributed by atoms with Crippen molar-refractivity contribution in [2.75, 3.05) is 33.8 Å². The van der Waals surface area contributed by atoms with Crippen molar-refractivity contribution in [2.24, 2.45) is 0 Å². The van der Waals surface area contributed by atoms with Crippen molar-refractivity contribution >= 4 is 0 Å². The van der Waals surface area contributed by atoms with Gasteiger partial charge in [0.2, 0.25) is 0 Å². The largest absolute Gasteiger partial charge is 1.00 e. The molecule has 0 saturated carbocycles. The summed E-state index contributed by atoms with van der Waals surface area (Å²) in [5, 5.41) is 19.2. The first kappa shape index (κ1) is 21.3. The second kappa shape index (κ2) is 8.56. The summed E-state index contributed by atoms with van der Waals surface area (Å²) in [6.07, 6.45) is 0.787. The van der Waals surface area contributed by atoms with E-state index >= 15 is 0 Å². The fourth-order valence-corrected chi connectivity index (χ4v) is 2.93. The van der Waals surface area contributed by atoms with Gasteiger partial charge in [0.1, 0.15) is 18.9 Å². The molecule has 1 saturated heterocycles. The maximum absolute atomic E-state index is 11.9. The highest BCUT2D eigenvalue weighted by atomic mass is 127. The summed E-state index contributed by atoms with van der Waals surface area (Å²) in [5.41, 5.74) is -0.527. The smallest absolute Gasteiger partial charge is 0.330 e. The van der Waals surface area contributed by atoms with Gasteiger partial charge in [-0.1, -0.05) is 0 Å². The zero-order chi connectivity index (χ0) is 17.2. The first-order valence-electron chi connectivity index (χ1n) is 7.82. The number of aromatic nitrogens is 2. The Bertz CT molecular complexity index is 657. The number of halogens is 1. The molecule has 0 spiro atoms. The summed E-state index contributed by atoms with van der Waals surface area (Å²) in [5.74, 6) is 0. The molecule has 1 aromatic heterocycles. The molecule has 1 fully saturated rings. The lowest BCUT2D eigenvalue weighted by Crippen LogP contribution is -3.00. The van der Waals surface area contributed by atoms with Crippen molar-refractivity contribution < 1.29 is 43.4 Å². The van der Waals surface area contributed by atoms with E-state index in [1.807, 2.05) is 14.1 Å². The summed E-state index contributed by atoms with van der Waals surface area (Å²) < 4.78 is 7.80. The lowest BCUT2D eigenvalue weighted by atomic mass is 10.1. The average molecular weight is 455 g/mol. The SMILES string of the molecule is Cc1cn([C@H]2C[C@H](O)[C@@H](C[N+](C)(C)CCCO)O2)c(=O)[nH]c1=O.[I-]. The number of hydrogen-bond acceptors (Lipinski definition) is 5. The van der Waals surface area contributed by atoms with E-state index in [4.69, 9.17) is 9.84 Å². The number of aryl methyl sites for hydroxylation is 1. The Morgan fingerprint density at radius 2 is 2.08 bits per heavy atom. The number of rotatable bonds is 6. The Hall–Kier alpha value is -0.750. The molecule has 2 rings (SSSR count). The number of aromatic amines is 1. The number of quaternary nitrogens is 1. The van der Waals surface area contributed by atoms with Crippen LogP contribution in [-0.4, -0.2) is 70.2 Å². The number of H-pyrrole nitrogens is 1. The number of aliphatic hydroxyl groups is 2. The van der Waals surface area contributed by atoms with Crippen LogP contribution in [0.4, 0.5) is 0 Å². The molecular formula is C15H26IN3O5. The molecule has 1 aliphatic heterocycles. The normalized spacial score (nSPS) is 24.0. The predicted octanol–water partition coefficient (Wildman–Crippen LogP) is -4.04. The van der Waals surface area contributed by atoms with E-state index in [2.05, 4.69) is 4.98 Å². The Morgan fingerprint density at radius 1 is 1.42 bits per heavy atom. The quantitative estimate of drug-likeness (QED) is 0.300. The third-order valence-corrected chi connectivity index (χ3v) is 4.26. The van der Waals surface area contributed by atoms with Crippen molar-refractivity contribution in [3.8, 4) is 0 Å². The number of nitrogens with one attached hydrogen (secondary N) is 1. The molecule has 2 heterocycles. The van der Waals surface area contributed by atoms with E-state index in [1.54, 1.807) is 6.92 Å². The van der Waals surface area contributed by atoms with E-state index in [9.17, 15) is 14.7 Å². The number of ether oxygens (including phenoxy) is 1. The van der Waals surface area contributed by atoms with Crippen LogP contribution < -0.4 is 35.2 Å². The van der Waals surface area contributed by atoms with Gasteiger partial charge in [0, 0.05) is 31.2 Å².